The van der Waals surface area contributed by atoms with Gasteiger partial charge in [-0.3, -0.25) is 4.79 Å². The Hall–Kier alpha value is -1.96. The van der Waals surface area contributed by atoms with E-state index in [1.54, 1.807) is 4.90 Å². The van der Waals surface area contributed by atoms with Gasteiger partial charge in [0.05, 0.1) is 18.1 Å². The van der Waals surface area contributed by atoms with Crippen LogP contribution in [0.25, 0.3) is 0 Å². The van der Waals surface area contributed by atoms with Crippen molar-refractivity contribution in [1.29, 1.82) is 5.26 Å². The van der Waals surface area contributed by atoms with Gasteiger partial charge >= 0.3 is 0 Å². The standard InChI is InChI=1S/C12H12FN3O/c13-11-10(3-1-7-15-11)12(17)16(8-2-6-14)9-4-5-9/h1,3,7,9H,2,4-5,8H2. The van der Waals surface area contributed by atoms with Gasteiger partial charge in [-0.25, -0.2) is 4.98 Å². The Kier molecular flexibility index (Phi) is 3.33. The van der Waals surface area contributed by atoms with Crippen LogP contribution >= 0.6 is 0 Å². The van der Waals surface area contributed by atoms with Gasteiger partial charge in [0.25, 0.3) is 5.91 Å². The van der Waals surface area contributed by atoms with Crippen molar-refractivity contribution in [2.24, 2.45) is 0 Å². The summed E-state index contributed by atoms with van der Waals surface area (Å²) in [5.74, 6) is -1.12. The van der Waals surface area contributed by atoms with Gasteiger partial charge in [0.15, 0.2) is 0 Å². The first-order valence-corrected chi connectivity index (χ1v) is 5.52. The molecule has 4 nitrogen and oxygen atoms in total. The quantitative estimate of drug-likeness (QED) is 0.744. The van der Waals surface area contributed by atoms with Gasteiger partial charge in [0, 0.05) is 18.8 Å². The van der Waals surface area contributed by atoms with Crippen LogP contribution in [0.5, 0.6) is 0 Å². The van der Waals surface area contributed by atoms with E-state index in [4.69, 9.17) is 5.26 Å². The monoisotopic (exact) mass is 233 g/mol. The molecular formula is C12H12FN3O. The highest BCUT2D eigenvalue weighted by atomic mass is 19.1. The highest BCUT2D eigenvalue weighted by Crippen LogP contribution is 2.28. The normalized spacial score (nSPS) is 14.1. The van der Waals surface area contributed by atoms with Crippen molar-refractivity contribution < 1.29 is 9.18 Å². The molecule has 17 heavy (non-hydrogen) atoms. The summed E-state index contributed by atoms with van der Waals surface area (Å²) in [6.07, 6.45) is 3.44. The lowest BCUT2D eigenvalue weighted by atomic mass is 10.2. The maximum Gasteiger partial charge on any atom is 0.258 e. The molecule has 2 rings (SSSR count). The molecule has 0 unspecified atom stereocenters. The van der Waals surface area contributed by atoms with Crippen LogP contribution in [0, 0.1) is 17.3 Å². The van der Waals surface area contributed by atoms with Crippen LogP contribution < -0.4 is 0 Å². The lowest BCUT2D eigenvalue weighted by Gasteiger charge is -2.21. The zero-order chi connectivity index (χ0) is 12.3. The second-order valence-electron chi connectivity index (χ2n) is 3.98. The lowest BCUT2D eigenvalue weighted by molar-refractivity contribution is 0.0741. The molecule has 0 aromatic carbocycles. The van der Waals surface area contributed by atoms with Crippen LogP contribution in [0.2, 0.25) is 0 Å². The van der Waals surface area contributed by atoms with Gasteiger partial charge in [-0.05, 0) is 25.0 Å². The number of halogens is 1. The molecule has 1 saturated carbocycles. The van der Waals surface area contributed by atoms with Crippen LogP contribution in [0.4, 0.5) is 4.39 Å². The molecule has 0 N–H and O–H groups in total. The van der Waals surface area contributed by atoms with E-state index in [1.165, 1.54) is 18.3 Å². The molecule has 0 radical (unpaired) electrons. The summed E-state index contributed by atoms with van der Waals surface area (Å²) in [5, 5.41) is 8.55. The van der Waals surface area contributed by atoms with Gasteiger partial charge in [0.1, 0.15) is 0 Å². The summed E-state index contributed by atoms with van der Waals surface area (Å²) < 4.78 is 13.4. The molecule has 0 aliphatic heterocycles. The first-order valence-electron chi connectivity index (χ1n) is 5.52. The zero-order valence-electron chi connectivity index (χ0n) is 9.27. The van der Waals surface area contributed by atoms with Gasteiger partial charge in [-0.2, -0.15) is 9.65 Å². The fourth-order valence-corrected chi connectivity index (χ4v) is 1.71. The number of carbonyl (C=O) groups excluding carboxylic acids is 1. The summed E-state index contributed by atoms with van der Waals surface area (Å²) in [7, 11) is 0. The van der Waals surface area contributed by atoms with Gasteiger partial charge < -0.3 is 4.90 Å². The van der Waals surface area contributed by atoms with E-state index in [2.05, 4.69) is 4.98 Å². The molecule has 1 fully saturated rings. The van der Waals surface area contributed by atoms with Crippen molar-refractivity contribution in [1.82, 2.24) is 9.88 Å². The number of rotatable bonds is 4. The van der Waals surface area contributed by atoms with Crippen molar-refractivity contribution in [2.75, 3.05) is 6.54 Å². The second kappa shape index (κ2) is 4.91. The highest BCUT2D eigenvalue weighted by molar-refractivity contribution is 5.94. The number of pyridine rings is 1. The first kappa shape index (κ1) is 11.5. The van der Waals surface area contributed by atoms with Crippen molar-refractivity contribution in [3.63, 3.8) is 0 Å². The Balaban J connectivity index is 2.16. The maximum absolute atomic E-state index is 13.4. The fraction of sp³-hybridized carbons (Fsp3) is 0.417. The van der Waals surface area contributed by atoms with Gasteiger partial charge in [-0.15, -0.1) is 0 Å². The minimum Gasteiger partial charge on any atom is -0.334 e. The fourth-order valence-electron chi connectivity index (χ4n) is 1.71. The predicted octanol–water partition coefficient (Wildman–Crippen LogP) is 1.74. The predicted molar refractivity (Wildman–Crippen MR) is 58.5 cm³/mol. The molecule has 1 aliphatic rings. The largest absolute Gasteiger partial charge is 0.334 e. The second-order valence-corrected chi connectivity index (χ2v) is 3.98. The molecule has 0 atom stereocenters. The molecule has 88 valence electrons. The average molecular weight is 233 g/mol. The zero-order valence-corrected chi connectivity index (χ0v) is 9.27. The van der Waals surface area contributed by atoms with Crippen LogP contribution in [-0.2, 0) is 0 Å². The Labute approximate surface area is 98.7 Å². The molecule has 1 aliphatic carbocycles. The van der Waals surface area contributed by atoms with Crippen LogP contribution in [0.15, 0.2) is 18.3 Å². The van der Waals surface area contributed by atoms with E-state index in [0.717, 1.165) is 12.8 Å². The summed E-state index contributed by atoms with van der Waals surface area (Å²) in [6.45, 7) is 0.355. The number of nitriles is 1. The molecule has 1 aromatic heterocycles. The van der Waals surface area contributed by atoms with E-state index >= 15 is 0 Å². The molecule has 5 heteroatoms. The Morgan fingerprint density at radius 1 is 1.65 bits per heavy atom. The van der Waals surface area contributed by atoms with Crippen molar-refractivity contribution >= 4 is 5.91 Å². The molecule has 1 heterocycles. The van der Waals surface area contributed by atoms with Crippen molar-refractivity contribution in [3.05, 3.63) is 29.8 Å². The van der Waals surface area contributed by atoms with Crippen LogP contribution in [0.1, 0.15) is 29.6 Å². The maximum atomic E-state index is 13.4. The smallest absolute Gasteiger partial charge is 0.258 e. The number of carbonyl (C=O) groups is 1. The molecule has 0 bridgehead atoms. The van der Waals surface area contributed by atoms with Gasteiger partial charge in [-0.1, -0.05) is 0 Å². The minimum absolute atomic E-state index is 0.0164. The number of nitrogens with zero attached hydrogens (tertiary/aromatic N) is 3. The molecule has 1 aromatic rings. The third kappa shape index (κ3) is 2.59. The third-order valence-corrected chi connectivity index (χ3v) is 2.70. The molecular weight excluding hydrogens is 221 g/mol. The molecule has 0 saturated heterocycles. The van der Waals surface area contributed by atoms with Crippen molar-refractivity contribution in [3.8, 4) is 6.07 Å². The number of amides is 1. The SMILES string of the molecule is N#CCCN(C(=O)c1cccnc1F)C1CC1. The third-order valence-electron chi connectivity index (χ3n) is 2.70. The van der Waals surface area contributed by atoms with Gasteiger partial charge in [0.2, 0.25) is 5.95 Å². The Morgan fingerprint density at radius 2 is 2.41 bits per heavy atom. The van der Waals surface area contributed by atoms with E-state index < -0.39 is 5.95 Å². The lowest BCUT2D eigenvalue weighted by Crippen LogP contribution is -2.34. The Morgan fingerprint density at radius 3 is 3.00 bits per heavy atom. The Bertz CT molecular complexity index is 465. The average Bonchev–Trinajstić information content (AvgIpc) is 3.14. The molecule has 0 spiro atoms. The van der Waals surface area contributed by atoms with E-state index in [9.17, 15) is 9.18 Å². The van der Waals surface area contributed by atoms with E-state index in [1.807, 2.05) is 6.07 Å². The van der Waals surface area contributed by atoms with E-state index in [-0.39, 0.29) is 23.9 Å². The topological polar surface area (TPSA) is 57.0 Å². The highest BCUT2D eigenvalue weighted by Gasteiger charge is 2.33. The van der Waals surface area contributed by atoms with E-state index in [0.29, 0.717) is 6.54 Å². The van der Waals surface area contributed by atoms with Crippen LogP contribution in [0.3, 0.4) is 0 Å². The summed E-state index contributed by atoms with van der Waals surface area (Å²) >= 11 is 0. The molecule has 1 amide bonds. The number of aromatic nitrogens is 1. The summed E-state index contributed by atoms with van der Waals surface area (Å²) in [6, 6.07) is 5.12. The van der Waals surface area contributed by atoms with Crippen LogP contribution in [-0.4, -0.2) is 28.4 Å². The summed E-state index contributed by atoms with van der Waals surface area (Å²) in [4.78, 5) is 17.1. The minimum atomic E-state index is -0.750. The number of hydrogen-bond donors (Lipinski definition) is 0. The summed E-state index contributed by atoms with van der Waals surface area (Å²) in [5.41, 5.74) is -0.0164. The number of hydrogen-bond acceptors (Lipinski definition) is 3. The van der Waals surface area contributed by atoms with Crippen molar-refractivity contribution in [2.45, 2.75) is 25.3 Å². The first-order chi connectivity index (χ1) is 8.24.